The predicted molar refractivity (Wildman–Crippen MR) is 70.4 cm³/mol. The normalized spacial score (nSPS) is 22.2. The summed E-state index contributed by atoms with van der Waals surface area (Å²) in [4.78, 5) is 0. The quantitative estimate of drug-likeness (QED) is 0.851. The maximum Gasteiger partial charge on any atom is 0.160 e. The summed E-state index contributed by atoms with van der Waals surface area (Å²) in [6.45, 7) is 4.33. The van der Waals surface area contributed by atoms with Crippen LogP contribution in [0.3, 0.4) is 0 Å². The van der Waals surface area contributed by atoms with E-state index in [1.165, 1.54) is 12.8 Å². The van der Waals surface area contributed by atoms with Crippen molar-refractivity contribution in [3.05, 3.63) is 30.2 Å². The van der Waals surface area contributed by atoms with Crippen molar-refractivity contribution in [1.29, 1.82) is 0 Å². The van der Waals surface area contributed by atoms with Crippen LogP contribution in [-0.4, -0.2) is 33.7 Å². The first-order chi connectivity index (χ1) is 8.84. The van der Waals surface area contributed by atoms with Gasteiger partial charge >= 0.3 is 0 Å². The molecule has 3 heterocycles. The second-order valence-corrected chi connectivity index (χ2v) is 4.92. The van der Waals surface area contributed by atoms with Crippen LogP contribution in [0.4, 0.5) is 0 Å². The highest BCUT2D eigenvalue weighted by atomic mass is 15.3. The van der Waals surface area contributed by atoms with E-state index in [2.05, 4.69) is 27.8 Å². The van der Waals surface area contributed by atoms with E-state index >= 15 is 0 Å². The average molecular weight is 245 g/mol. The van der Waals surface area contributed by atoms with E-state index in [1.54, 1.807) is 0 Å². The molecule has 1 saturated heterocycles. The third-order valence-corrected chi connectivity index (χ3v) is 3.51. The van der Waals surface area contributed by atoms with Crippen LogP contribution < -0.4 is 10.6 Å². The van der Waals surface area contributed by atoms with Gasteiger partial charge in [-0.05, 0) is 38.4 Å². The molecule has 3 rings (SSSR count). The van der Waals surface area contributed by atoms with Gasteiger partial charge in [0.15, 0.2) is 11.5 Å². The Labute approximate surface area is 107 Å². The average Bonchev–Trinajstić information content (AvgIpc) is 2.84. The number of nitrogens with zero attached hydrogens (tertiary/aromatic N) is 3. The molecule has 2 atom stereocenters. The Morgan fingerprint density at radius 3 is 3.22 bits per heavy atom. The Balaban J connectivity index is 1.76. The fourth-order valence-electron chi connectivity index (χ4n) is 2.58. The predicted octanol–water partition coefficient (Wildman–Crippen LogP) is 1.13. The Morgan fingerprint density at radius 1 is 1.44 bits per heavy atom. The molecule has 5 nitrogen and oxygen atoms in total. The topological polar surface area (TPSA) is 54.2 Å². The molecular formula is C13H19N5. The van der Waals surface area contributed by atoms with Crippen LogP contribution in [0.5, 0.6) is 0 Å². The maximum atomic E-state index is 4.29. The van der Waals surface area contributed by atoms with Crippen LogP contribution >= 0.6 is 0 Å². The molecule has 0 radical (unpaired) electrons. The van der Waals surface area contributed by atoms with Gasteiger partial charge in [-0.25, -0.2) is 0 Å². The largest absolute Gasteiger partial charge is 0.315 e. The highest BCUT2D eigenvalue weighted by Crippen LogP contribution is 2.14. The Hall–Kier alpha value is -1.46. The molecule has 0 saturated carbocycles. The van der Waals surface area contributed by atoms with Crippen molar-refractivity contribution in [2.75, 3.05) is 13.1 Å². The van der Waals surface area contributed by atoms with E-state index in [4.69, 9.17) is 0 Å². The summed E-state index contributed by atoms with van der Waals surface area (Å²) < 4.78 is 2.05. The maximum absolute atomic E-state index is 4.29. The number of nitrogens with one attached hydrogen (secondary N) is 2. The van der Waals surface area contributed by atoms with E-state index in [9.17, 15) is 0 Å². The van der Waals surface area contributed by atoms with Crippen molar-refractivity contribution in [1.82, 2.24) is 25.2 Å². The number of fused-ring (bicyclic) bond motifs is 1. The molecule has 2 unspecified atom stereocenters. The third kappa shape index (κ3) is 2.23. The van der Waals surface area contributed by atoms with Gasteiger partial charge in [0.1, 0.15) is 0 Å². The molecule has 1 aliphatic heterocycles. The molecule has 0 aromatic carbocycles. The van der Waals surface area contributed by atoms with Crippen molar-refractivity contribution in [2.45, 2.75) is 31.8 Å². The van der Waals surface area contributed by atoms with Crippen LogP contribution in [-0.2, 0) is 0 Å². The first-order valence-corrected chi connectivity index (χ1v) is 6.61. The zero-order valence-electron chi connectivity index (χ0n) is 10.6. The lowest BCUT2D eigenvalue weighted by Gasteiger charge is -2.26. The van der Waals surface area contributed by atoms with Crippen LogP contribution in [0.1, 0.15) is 31.6 Å². The van der Waals surface area contributed by atoms with E-state index in [-0.39, 0.29) is 6.04 Å². The fourth-order valence-corrected chi connectivity index (χ4v) is 2.58. The summed E-state index contributed by atoms with van der Waals surface area (Å²) >= 11 is 0. The summed E-state index contributed by atoms with van der Waals surface area (Å²) in [6.07, 6.45) is 4.49. The second-order valence-electron chi connectivity index (χ2n) is 4.92. The molecule has 2 aromatic heterocycles. The van der Waals surface area contributed by atoms with Gasteiger partial charge in [0.2, 0.25) is 0 Å². The van der Waals surface area contributed by atoms with E-state index < -0.39 is 0 Å². The lowest BCUT2D eigenvalue weighted by atomic mass is 10.1. The summed E-state index contributed by atoms with van der Waals surface area (Å²) in [6, 6.07) is 6.72. The van der Waals surface area contributed by atoms with Crippen molar-refractivity contribution in [3.63, 3.8) is 0 Å². The van der Waals surface area contributed by atoms with Crippen LogP contribution in [0.2, 0.25) is 0 Å². The number of pyridine rings is 1. The molecule has 0 bridgehead atoms. The van der Waals surface area contributed by atoms with Gasteiger partial charge in [-0.2, -0.15) is 0 Å². The van der Waals surface area contributed by atoms with Gasteiger partial charge in [-0.15, -0.1) is 10.2 Å². The monoisotopic (exact) mass is 245 g/mol. The minimum atomic E-state index is 0.215. The first kappa shape index (κ1) is 11.6. The molecule has 18 heavy (non-hydrogen) atoms. The van der Waals surface area contributed by atoms with E-state index in [0.717, 1.165) is 24.6 Å². The minimum Gasteiger partial charge on any atom is -0.315 e. The molecular weight excluding hydrogens is 226 g/mol. The van der Waals surface area contributed by atoms with Gasteiger partial charge in [0.25, 0.3) is 0 Å². The molecule has 2 N–H and O–H groups in total. The zero-order valence-corrected chi connectivity index (χ0v) is 10.6. The molecule has 0 spiro atoms. The van der Waals surface area contributed by atoms with Gasteiger partial charge in [-0.3, -0.25) is 4.40 Å². The smallest absolute Gasteiger partial charge is 0.160 e. The minimum absolute atomic E-state index is 0.215. The summed E-state index contributed by atoms with van der Waals surface area (Å²) in [5.74, 6) is 0.983. The summed E-state index contributed by atoms with van der Waals surface area (Å²) in [5.41, 5.74) is 0.905. The van der Waals surface area contributed by atoms with Crippen LogP contribution in [0.25, 0.3) is 5.65 Å². The van der Waals surface area contributed by atoms with Crippen LogP contribution in [0.15, 0.2) is 24.4 Å². The highest BCUT2D eigenvalue weighted by Gasteiger charge is 2.19. The first-order valence-electron chi connectivity index (χ1n) is 6.61. The molecule has 1 aliphatic rings. The number of hydrogen-bond donors (Lipinski definition) is 2. The van der Waals surface area contributed by atoms with Gasteiger partial charge in [0, 0.05) is 18.8 Å². The Kier molecular flexibility index (Phi) is 3.25. The molecule has 0 aliphatic carbocycles. The van der Waals surface area contributed by atoms with Crippen molar-refractivity contribution >= 4 is 5.65 Å². The Bertz CT molecular complexity index is 515. The van der Waals surface area contributed by atoms with Crippen molar-refractivity contribution < 1.29 is 0 Å². The molecule has 0 amide bonds. The number of hydrogen-bond acceptors (Lipinski definition) is 4. The second kappa shape index (κ2) is 5.04. The number of aromatic nitrogens is 3. The summed E-state index contributed by atoms with van der Waals surface area (Å²) in [7, 11) is 0. The fraction of sp³-hybridized carbons (Fsp3) is 0.538. The molecule has 96 valence electrons. The standard InChI is InChI=1S/C13H19N5/c1-10(15-11-5-4-7-14-9-11)13-17-16-12-6-2-3-8-18(12)13/h2-3,6,8,10-11,14-15H,4-5,7,9H2,1H3. The SMILES string of the molecule is CC(NC1CCCNC1)c1nnc2ccccn12. The van der Waals surface area contributed by atoms with Gasteiger partial charge in [-0.1, -0.05) is 6.07 Å². The van der Waals surface area contributed by atoms with E-state index in [1.807, 2.05) is 28.8 Å². The molecule has 5 heteroatoms. The van der Waals surface area contributed by atoms with Gasteiger partial charge < -0.3 is 10.6 Å². The zero-order chi connectivity index (χ0) is 12.4. The van der Waals surface area contributed by atoms with E-state index in [0.29, 0.717) is 6.04 Å². The number of piperidine rings is 1. The van der Waals surface area contributed by atoms with Crippen molar-refractivity contribution in [2.24, 2.45) is 0 Å². The third-order valence-electron chi connectivity index (χ3n) is 3.51. The number of rotatable bonds is 3. The summed E-state index contributed by atoms with van der Waals surface area (Å²) in [5, 5.41) is 15.5. The highest BCUT2D eigenvalue weighted by molar-refractivity contribution is 5.37. The Morgan fingerprint density at radius 2 is 2.39 bits per heavy atom. The van der Waals surface area contributed by atoms with Crippen molar-refractivity contribution in [3.8, 4) is 0 Å². The lowest BCUT2D eigenvalue weighted by Crippen LogP contribution is -2.44. The molecule has 1 fully saturated rings. The van der Waals surface area contributed by atoms with Crippen LogP contribution in [0, 0.1) is 0 Å². The lowest BCUT2D eigenvalue weighted by molar-refractivity contribution is 0.355. The van der Waals surface area contributed by atoms with Gasteiger partial charge in [0.05, 0.1) is 6.04 Å². The molecule has 2 aromatic rings.